The smallest absolute Gasteiger partial charge is 0.227 e. The van der Waals surface area contributed by atoms with Crippen molar-refractivity contribution in [2.45, 2.75) is 38.7 Å². The van der Waals surface area contributed by atoms with Gasteiger partial charge in [0.25, 0.3) is 0 Å². The molecule has 1 saturated heterocycles. The maximum atomic E-state index is 12.1. The van der Waals surface area contributed by atoms with E-state index in [0.29, 0.717) is 31.2 Å². The summed E-state index contributed by atoms with van der Waals surface area (Å²) in [5, 5.41) is 14.0. The molecule has 0 aromatic carbocycles. The van der Waals surface area contributed by atoms with Crippen molar-refractivity contribution < 1.29 is 14.4 Å². The first kappa shape index (κ1) is 11.7. The minimum Gasteiger partial charge on any atom is -0.386 e. The van der Waals surface area contributed by atoms with Gasteiger partial charge in [-0.1, -0.05) is 5.16 Å². The Bertz CT molecular complexity index is 465. The zero-order valence-electron chi connectivity index (χ0n) is 10.8. The van der Waals surface area contributed by atoms with Gasteiger partial charge in [-0.3, -0.25) is 4.79 Å². The van der Waals surface area contributed by atoms with Crippen molar-refractivity contribution in [3.8, 4) is 0 Å². The number of carbonyl (C=O) groups is 1. The summed E-state index contributed by atoms with van der Waals surface area (Å²) < 4.78 is 5.05. The molecule has 0 unspecified atom stereocenters. The lowest BCUT2D eigenvalue weighted by Crippen LogP contribution is -2.65. The molecule has 3 rings (SSSR count). The topological polar surface area (TPSA) is 66.6 Å². The van der Waals surface area contributed by atoms with Gasteiger partial charge in [0, 0.05) is 5.56 Å². The van der Waals surface area contributed by atoms with Crippen molar-refractivity contribution in [1.82, 2.24) is 10.1 Å². The molecule has 0 bridgehead atoms. The fraction of sp³-hybridized carbons (Fsp3) is 0.692. The highest BCUT2D eigenvalue weighted by Gasteiger charge is 2.53. The van der Waals surface area contributed by atoms with Crippen LogP contribution >= 0.6 is 0 Å². The van der Waals surface area contributed by atoms with Gasteiger partial charge < -0.3 is 14.5 Å². The van der Waals surface area contributed by atoms with Crippen LogP contribution in [0.3, 0.4) is 0 Å². The van der Waals surface area contributed by atoms with Crippen molar-refractivity contribution in [3.63, 3.8) is 0 Å². The van der Waals surface area contributed by atoms with Crippen LogP contribution in [0.4, 0.5) is 0 Å². The van der Waals surface area contributed by atoms with Gasteiger partial charge in [0.05, 0.1) is 25.2 Å². The molecule has 98 valence electrons. The van der Waals surface area contributed by atoms with Crippen molar-refractivity contribution in [3.05, 3.63) is 17.0 Å². The van der Waals surface area contributed by atoms with Gasteiger partial charge in [-0.25, -0.2) is 0 Å². The summed E-state index contributed by atoms with van der Waals surface area (Å²) in [6, 6.07) is 0. The zero-order chi connectivity index (χ0) is 12.9. The first-order valence-corrected chi connectivity index (χ1v) is 6.41. The lowest BCUT2D eigenvalue weighted by molar-refractivity contribution is -0.158. The molecule has 5 heteroatoms. The van der Waals surface area contributed by atoms with E-state index in [1.54, 1.807) is 4.90 Å². The third kappa shape index (κ3) is 1.82. The average Bonchev–Trinajstić information content (AvgIpc) is 3.08. The standard InChI is InChI=1S/C13H18N2O3/c1-8-11(9(2)18-14-8)5-12(16)15-6-13(17,7-15)10-3-4-10/h10,17H,3-7H2,1-2H3. The number of rotatable bonds is 3. The second-order valence-corrected chi connectivity index (χ2v) is 5.61. The van der Waals surface area contributed by atoms with Crippen molar-refractivity contribution in [1.29, 1.82) is 0 Å². The molecule has 2 heterocycles. The molecule has 0 spiro atoms. The third-order valence-corrected chi connectivity index (χ3v) is 4.13. The largest absolute Gasteiger partial charge is 0.386 e. The van der Waals surface area contributed by atoms with Crippen molar-refractivity contribution in [2.75, 3.05) is 13.1 Å². The number of carbonyl (C=O) groups excluding carboxylic acids is 1. The maximum absolute atomic E-state index is 12.1. The number of amides is 1. The first-order chi connectivity index (χ1) is 8.49. The van der Waals surface area contributed by atoms with E-state index in [9.17, 15) is 9.90 Å². The third-order valence-electron chi connectivity index (χ3n) is 4.13. The minimum atomic E-state index is -0.603. The van der Waals surface area contributed by atoms with E-state index in [1.165, 1.54) is 0 Å². The Morgan fingerprint density at radius 1 is 1.50 bits per heavy atom. The quantitative estimate of drug-likeness (QED) is 0.862. The number of likely N-dealkylation sites (tertiary alicyclic amines) is 1. The molecule has 1 saturated carbocycles. The van der Waals surface area contributed by atoms with E-state index in [0.717, 1.165) is 24.1 Å². The fourth-order valence-corrected chi connectivity index (χ4v) is 2.69. The zero-order valence-corrected chi connectivity index (χ0v) is 10.8. The van der Waals surface area contributed by atoms with Crippen LogP contribution in [0.25, 0.3) is 0 Å². The minimum absolute atomic E-state index is 0.0507. The molecule has 1 aromatic rings. The van der Waals surface area contributed by atoms with E-state index < -0.39 is 5.60 Å². The first-order valence-electron chi connectivity index (χ1n) is 6.41. The van der Waals surface area contributed by atoms with Gasteiger partial charge in [-0.2, -0.15) is 0 Å². The Morgan fingerprint density at radius 2 is 2.17 bits per heavy atom. The number of aliphatic hydroxyl groups is 1. The summed E-state index contributed by atoms with van der Waals surface area (Å²) in [7, 11) is 0. The molecule has 0 radical (unpaired) electrons. The highest BCUT2D eigenvalue weighted by atomic mass is 16.5. The summed E-state index contributed by atoms with van der Waals surface area (Å²) in [5.74, 6) is 1.18. The van der Waals surface area contributed by atoms with E-state index in [4.69, 9.17) is 4.52 Å². The van der Waals surface area contributed by atoms with Crippen LogP contribution in [0, 0.1) is 19.8 Å². The molecule has 18 heavy (non-hydrogen) atoms. The number of nitrogens with zero attached hydrogens (tertiary/aromatic N) is 2. The van der Waals surface area contributed by atoms with Crippen LogP contribution < -0.4 is 0 Å². The summed E-state index contributed by atoms with van der Waals surface area (Å²) >= 11 is 0. The van der Waals surface area contributed by atoms with Gasteiger partial charge in [0.15, 0.2) is 0 Å². The predicted octanol–water partition coefficient (Wildman–Crippen LogP) is 0.817. The van der Waals surface area contributed by atoms with Gasteiger partial charge >= 0.3 is 0 Å². The highest BCUT2D eigenvalue weighted by molar-refractivity contribution is 5.80. The Balaban J connectivity index is 1.60. The number of aromatic nitrogens is 1. The lowest BCUT2D eigenvalue weighted by atomic mass is 9.88. The van der Waals surface area contributed by atoms with Gasteiger partial charge in [-0.05, 0) is 32.6 Å². The average molecular weight is 250 g/mol. The van der Waals surface area contributed by atoms with Crippen molar-refractivity contribution in [2.24, 2.45) is 5.92 Å². The number of hydrogen-bond donors (Lipinski definition) is 1. The number of hydrogen-bond acceptors (Lipinski definition) is 4. The van der Waals surface area contributed by atoms with Crippen LogP contribution in [0.2, 0.25) is 0 Å². The molecular weight excluding hydrogens is 232 g/mol. The molecule has 5 nitrogen and oxygen atoms in total. The SMILES string of the molecule is Cc1noc(C)c1CC(=O)N1CC(O)(C2CC2)C1. The molecule has 1 N–H and O–H groups in total. The maximum Gasteiger partial charge on any atom is 0.227 e. The molecule has 1 aliphatic carbocycles. The molecule has 1 aliphatic heterocycles. The van der Waals surface area contributed by atoms with Crippen LogP contribution in [-0.4, -0.2) is 39.8 Å². The second kappa shape index (κ2) is 3.82. The van der Waals surface area contributed by atoms with E-state index in [1.807, 2.05) is 13.8 Å². The highest BCUT2D eigenvalue weighted by Crippen LogP contribution is 2.44. The lowest BCUT2D eigenvalue weighted by Gasteiger charge is -2.47. The van der Waals surface area contributed by atoms with Crippen LogP contribution in [-0.2, 0) is 11.2 Å². The Kier molecular flexibility index (Phi) is 2.48. The van der Waals surface area contributed by atoms with Crippen LogP contribution in [0.15, 0.2) is 4.52 Å². The molecule has 1 aromatic heterocycles. The number of β-amino-alcohol motifs (C(OH)–C–C–N with tert-alkyl or cyclic N) is 1. The number of aryl methyl sites for hydroxylation is 2. The molecule has 0 atom stereocenters. The Hall–Kier alpha value is -1.36. The van der Waals surface area contributed by atoms with E-state index >= 15 is 0 Å². The summed E-state index contributed by atoms with van der Waals surface area (Å²) in [6.45, 7) is 4.63. The molecule has 2 aliphatic rings. The fourth-order valence-electron chi connectivity index (χ4n) is 2.69. The predicted molar refractivity (Wildman–Crippen MR) is 63.9 cm³/mol. The van der Waals surface area contributed by atoms with Gasteiger partial charge in [0.1, 0.15) is 11.4 Å². The molecule has 2 fully saturated rings. The summed E-state index contributed by atoms with van der Waals surface area (Å²) in [4.78, 5) is 13.8. The van der Waals surface area contributed by atoms with Crippen LogP contribution in [0.5, 0.6) is 0 Å². The monoisotopic (exact) mass is 250 g/mol. The van der Waals surface area contributed by atoms with Crippen molar-refractivity contribution >= 4 is 5.91 Å². The van der Waals surface area contributed by atoms with Gasteiger partial charge in [0.2, 0.25) is 5.91 Å². The normalized spacial score (nSPS) is 21.8. The second-order valence-electron chi connectivity index (χ2n) is 5.61. The Morgan fingerprint density at radius 3 is 2.67 bits per heavy atom. The Labute approximate surface area is 106 Å². The van der Waals surface area contributed by atoms with E-state index in [-0.39, 0.29) is 5.91 Å². The summed E-state index contributed by atoms with van der Waals surface area (Å²) in [6.07, 6.45) is 2.52. The van der Waals surface area contributed by atoms with Crippen LogP contribution in [0.1, 0.15) is 29.9 Å². The molecular formula is C13H18N2O3. The van der Waals surface area contributed by atoms with E-state index in [2.05, 4.69) is 5.16 Å². The molecule has 1 amide bonds. The van der Waals surface area contributed by atoms with Gasteiger partial charge in [-0.15, -0.1) is 0 Å². The summed E-state index contributed by atoms with van der Waals surface area (Å²) in [5.41, 5.74) is 1.05.